The molecule has 4 nitrogen and oxygen atoms in total. The minimum absolute atomic E-state index is 0.202. The lowest BCUT2D eigenvalue weighted by Gasteiger charge is -2.01. The number of Topliss-reactive ketones (excluding diaryl/α,β-unsaturated/α-hetero) is 1. The summed E-state index contributed by atoms with van der Waals surface area (Å²) in [6.07, 6.45) is 6.72. The number of rotatable bonds is 5. The molecule has 0 saturated carbocycles. The van der Waals surface area contributed by atoms with Crippen molar-refractivity contribution in [3.63, 3.8) is 0 Å². The summed E-state index contributed by atoms with van der Waals surface area (Å²) in [5, 5.41) is 8.76. The third-order valence-corrected chi connectivity index (χ3v) is 1.73. The van der Waals surface area contributed by atoms with Gasteiger partial charge in [0.2, 0.25) is 0 Å². The van der Waals surface area contributed by atoms with Crippen molar-refractivity contribution in [3.8, 4) is 0 Å². The van der Waals surface area contributed by atoms with Crippen LogP contribution in [0, 0.1) is 0 Å². The van der Waals surface area contributed by atoms with E-state index < -0.39 is 11.8 Å². The van der Waals surface area contributed by atoms with E-state index in [2.05, 4.69) is 0 Å². The summed E-state index contributed by atoms with van der Waals surface area (Å²) in [5.74, 6) is -1.64. The maximum Gasteiger partial charge on any atom is 0.339 e. The third-order valence-electron chi connectivity index (χ3n) is 1.73. The molecular weight excluding hydrogens is 206 g/mol. The van der Waals surface area contributed by atoms with Gasteiger partial charge in [-0.05, 0) is 32.2 Å². The van der Waals surface area contributed by atoms with Gasteiger partial charge in [-0.1, -0.05) is 11.6 Å². The molecule has 0 radical (unpaired) electrons. The van der Waals surface area contributed by atoms with Crippen LogP contribution in [0.2, 0.25) is 0 Å². The number of hydrogen-bond donors (Lipinski definition) is 1. The molecular formula is C12H17NO3. The Morgan fingerprint density at radius 2 is 1.75 bits per heavy atom. The van der Waals surface area contributed by atoms with Crippen molar-refractivity contribution < 1.29 is 14.7 Å². The van der Waals surface area contributed by atoms with Gasteiger partial charge in [0.05, 0.1) is 0 Å². The third kappa shape index (κ3) is 5.80. The van der Waals surface area contributed by atoms with E-state index in [1.807, 2.05) is 25.2 Å². The highest BCUT2D eigenvalue weighted by molar-refractivity contribution is 6.15. The molecule has 0 saturated heterocycles. The van der Waals surface area contributed by atoms with Gasteiger partial charge in [-0.25, -0.2) is 4.79 Å². The van der Waals surface area contributed by atoms with Gasteiger partial charge in [0.25, 0.3) is 0 Å². The van der Waals surface area contributed by atoms with E-state index in [-0.39, 0.29) is 5.57 Å². The minimum Gasteiger partial charge on any atom is -0.478 e. The van der Waals surface area contributed by atoms with Crippen molar-refractivity contribution >= 4 is 11.8 Å². The fraction of sp³-hybridized carbons (Fsp3) is 0.333. The van der Waals surface area contributed by atoms with Gasteiger partial charge >= 0.3 is 5.97 Å². The molecule has 0 aliphatic rings. The lowest BCUT2D eigenvalue weighted by Crippen LogP contribution is -2.08. The van der Waals surface area contributed by atoms with E-state index in [9.17, 15) is 9.59 Å². The first-order valence-electron chi connectivity index (χ1n) is 4.82. The summed E-state index contributed by atoms with van der Waals surface area (Å²) in [7, 11) is 3.77. The van der Waals surface area contributed by atoms with Crippen molar-refractivity contribution in [1.29, 1.82) is 0 Å². The smallest absolute Gasteiger partial charge is 0.339 e. The highest BCUT2D eigenvalue weighted by Gasteiger charge is 2.11. The number of ketones is 1. The zero-order valence-corrected chi connectivity index (χ0v) is 10.0. The van der Waals surface area contributed by atoms with Crippen molar-refractivity contribution in [3.05, 3.63) is 35.6 Å². The highest BCUT2D eigenvalue weighted by Crippen LogP contribution is 2.04. The van der Waals surface area contributed by atoms with E-state index in [1.165, 1.54) is 13.0 Å². The average molecular weight is 223 g/mol. The van der Waals surface area contributed by atoms with Crippen LogP contribution in [0.1, 0.15) is 13.8 Å². The molecule has 0 aromatic heterocycles. The van der Waals surface area contributed by atoms with E-state index in [4.69, 9.17) is 5.11 Å². The van der Waals surface area contributed by atoms with E-state index >= 15 is 0 Å². The van der Waals surface area contributed by atoms with Gasteiger partial charge in [0.15, 0.2) is 5.78 Å². The van der Waals surface area contributed by atoms with E-state index in [0.29, 0.717) is 5.57 Å². The Balaban J connectivity index is 4.85. The summed E-state index contributed by atoms with van der Waals surface area (Å²) in [6.45, 7) is 2.98. The van der Waals surface area contributed by atoms with Gasteiger partial charge in [0.1, 0.15) is 5.57 Å². The van der Waals surface area contributed by atoms with Crippen LogP contribution in [0.25, 0.3) is 0 Å². The molecule has 0 fully saturated rings. The summed E-state index contributed by atoms with van der Waals surface area (Å²) in [5.41, 5.74) is 0.512. The summed E-state index contributed by atoms with van der Waals surface area (Å²) in [4.78, 5) is 23.6. The second-order valence-electron chi connectivity index (χ2n) is 3.64. The van der Waals surface area contributed by atoms with E-state index in [1.54, 1.807) is 19.1 Å². The molecule has 0 bridgehead atoms. The maximum absolute atomic E-state index is 11.0. The number of carbonyl (C=O) groups excluding carboxylic acids is 1. The van der Waals surface area contributed by atoms with Gasteiger partial charge in [-0.2, -0.15) is 0 Å². The number of carbonyl (C=O) groups is 2. The summed E-state index contributed by atoms with van der Waals surface area (Å²) in [6, 6.07) is 0. The van der Waals surface area contributed by atoms with Crippen LogP contribution >= 0.6 is 0 Å². The monoisotopic (exact) mass is 223 g/mol. The molecule has 0 aliphatic carbocycles. The van der Waals surface area contributed by atoms with Gasteiger partial charge in [-0.3, -0.25) is 4.79 Å². The zero-order chi connectivity index (χ0) is 12.7. The lowest BCUT2D eigenvalue weighted by molar-refractivity contribution is -0.134. The SMILES string of the molecule is CC(=O)\C(=C/C(C)=C/C=C/N(C)C)C(=O)O. The molecule has 0 unspecified atom stereocenters. The first-order valence-corrected chi connectivity index (χ1v) is 4.82. The summed E-state index contributed by atoms with van der Waals surface area (Å²) >= 11 is 0. The standard InChI is InChI=1S/C12H17NO3/c1-9(6-5-7-13(3)4)8-11(10(2)14)12(15)16/h5-8H,1-4H3,(H,15,16)/b7-5+,9-6+,11-8+. The largest absolute Gasteiger partial charge is 0.478 e. The summed E-state index contributed by atoms with van der Waals surface area (Å²) < 4.78 is 0. The fourth-order valence-corrected chi connectivity index (χ4v) is 0.957. The molecule has 0 spiro atoms. The fourth-order valence-electron chi connectivity index (χ4n) is 0.957. The highest BCUT2D eigenvalue weighted by atomic mass is 16.4. The molecule has 0 rings (SSSR count). The number of nitrogens with zero attached hydrogens (tertiary/aromatic N) is 1. The number of allylic oxidation sites excluding steroid dienone is 4. The van der Waals surface area contributed by atoms with Crippen molar-refractivity contribution in [2.75, 3.05) is 14.1 Å². The van der Waals surface area contributed by atoms with Crippen molar-refractivity contribution in [2.24, 2.45) is 0 Å². The van der Waals surface area contributed by atoms with Crippen LogP contribution < -0.4 is 0 Å². The predicted molar refractivity (Wildman–Crippen MR) is 63.0 cm³/mol. The molecule has 16 heavy (non-hydrogen) atoms. The number of aliphatic carboxylic acids is 1. The quantitative estimate of drug-likeness (QED) is 0.333. The second kappa shape index (κ2) is 6.61. The van der Waals surface area contributed by atoms with E-state index in [0.717, 1.165) is 0 Å². The predicted octanol–water partition coefficient (Wildman–Crippen LogP) is 1.61. The maximum atomic E-state index is 11.0. The van der Waals surface area contributed by atoms with Crippen molar-refractivity contribution in [1.82, 2.24) is 4.90 Å². The number of hydrogen-bond acceptors (Lipinski definition) is 3. The molecule has 0 aromatic carbocycles. The first kappa shape index (κ1) is 14.2. The molecule has 0 aromatic rings. The van der Waals surface area contributed by atoms with Crippen molar-refractivity contribution in [2.45, 2.75) is 13.8 Å². The second-order valence-corrected chi connectivity index (χ2v) is 3.64. The van der Waals surface area contributed by atoms with Crippen LogP contribution in [0.3, 0.4) is 0 Å². The molecule has 0 atom stereocenters. The van der Waals surface area contributed by atoms with Crippen LogP contribution in [0.15, 0.2) is 35.6 Å². The molecule has 1 N–H and O–H groups in total. The number of carboxylic acids is 1. The Bertz CT molecular complexity index is 346. The zero-order valence-electron chi connectivity index (χ0n) is 10.0. The topological polar surface area (TPSA) is 57.6 Å². The minimum atomic E-state index is -1.20. The first-order chi connectivity index (χ1) is 7.34. The Morgan fingerprint density at radius 1 is 1.19 bits per heavy atom. The van der Waals surface area contributed by atoms with Gasteiger partial charge < -0.3 is 10.0 Å². The van der Waals surface area contributed by atoms with Crippen LogP contribution in [0.4, 0.5) is 0 Å². The Morgan fingerprint density at radius 3 is 2.12 bits per heavy atom. The Kier molecular flexibility index (Phi) is 5.85. The van der Waals surface area contributed by atoms with Crippen LogP contribution in [-0.2, 0) is 9.59 Å². The van der Waals surface area contributed by atoms with Gasteiger partial charge in [-0.15, -0.1) is 0 Å². The Hall–Kier alpha value is -1.84. The lowest BCUT2D eigenvalue weighted by atomic mass is 10.1. The molecule has 0 amide bonds. The molecule has 4 heteroatoms. The van der Waals surface area contributed by atoms with Gasteiger partial charge in [0, 0.05) is 14.1 Å². The van der Waals surface area contributed by atoms with Crippen LogP contribution in [0.5, 0.6) is 0 Å². The normalized spacial score (nSPS) is 13.0. The average Bonchev–Trinajstić information content (AvgIpc) is 2.12. The molecule has 0 aliphatic heterocycles. The Labute approximate surface area is 95.6 Å². The molecule has 88 valence electrons. The molecule has 0 heterocycles. The van der Waals surface area contributed by atoms with Crippen LogP contribution in [-0.4, -0.2) is 35.9 Å². The number of carboxylic acid groups (broad SMARTS) is 1.